The summed E-state index contributed by atoms with van der Waals surface area (Å²) < 4.78 is 0. The number of carbonyl (C=O) groups excluding carboxylic acids is 1. The molecule has 0 saturated carbocycles. The van der Waals surface area contributed by atoms with Crippen molar-refractivity contribution in [1.82, 2.24) is 20.5 Å². The first-order valence-electron chi connectivity index (χ1n) is 10.1. The first kappa shape index (κ1) is 21.3. The molecular formula is C24H21ClN6O. The molecule has 0 unspecified atom stereocenters. The molecule has 0 fully saturated rings. The van der Waals surface area contributed by atoms with Crippen molar-refractivity contribution in [1.29, 1.82) is 0 Å². The summed E-state index contributed by atoms with van der Waals surface area (Å²) in [5.74, 6) is 0.753. The first-order chi connectivity index (χ1) is 15.7. The molecule has 0 aliphatic rings. The van der Waals surface area contributed by atoms with Crippen LogP contribution in [0.5, 0.6) is 0 Å². The molecule has 7 nitrogen and oxygen atoms in total. The van der Waals surface area contributed by atoms with Gasteiger partial charge in [-0.2, -0.15) is 5.10 Å². The van der Waals surface area contributed by atoms with Gasteiger partial charge < -0.3 is 5.32 Å². The molecule has 3 aromatic carbocycles. The average Bonchev–Trinajstić information content (AvgIpc) is 3.34. The van der Waals surface area contributed by atoms with Crippen molar-refractivity contribution >= 4 is 29.2 Å². The summed E-state index contributed by atoms with van der Waals surface area (Å²) in [5.41, 5.74) is 3.48. The number of halogens is 1. The second-order valence-electron chi connectivity index (χ2n) is 6.95. The van der Waals surface area contributed by atoms with E-state index in [4.69, 9.17) is 11.6 Å². The van der Waals surface area contributed by atoms with Gasteiger partial charge in [-0.05, 0) is 41.5 Å². The Morgan fingerprint density at radius 1 is 0.969 bits per heavy atom. The van der Waals surface area contributed by atoms with Crippen LogP contribution >= 0.6 is 11.6 Å². The number of aliphatic imine (C=N–C) groups is 1. The van der Waals surface area contributed by atoms with Gasteiger partial charge in [0.1, 0.15) is 12.2 Å². The number of benzene rings is 3. The lowest BCUT2D eigenvalue weighted by Gasteiger charge is -2.12. The third-order valence-corrected chi connectivity index (χ3v) is 4.89. The Labute approximate surface area is 190 Å². The minimum Gasteiger partial charge on any atom is -0.326 e. The fourth-order valence-corrected chi connectivity index (χ4v) is 3.25. The van der Waals surface area contributed by atoms with E-state index in [-0.39, 0.29) is 5.91 Å². The SMILES string of the molecule is O=C(NC(=NCCc1ncn[nH]1)Nc1ccc(-c2ccccc2)cc1)c1cccc(Cl)c1. The van der Waals surface area contributed by atoms with E-state index >= 15 is 0 Å². The van der Waals surface area contributed by atoms with Gasteiger partial charge in [-0.1, -0.05) is 60.1 Å². The van der Waals surface area contributed by atoms with E-state index in [1.165, 1.54) is 6.33 Å². The van der Waals surface area contributed by atoms with E-state index in [1.807, 2.05) is 42.5 Å². The molecule has 0 saturated heterocycles. The quantitative estimate of drug-likeness (QED) is 0.300. The lowest BCUT2D eigenvalue weighted by atomic mass is 10.1. The number of amides is 1. The highest BCUT2D eigenvalue weighted by Crippen LogP contribution is 2.21. The summed E-state index contributed by atoms with van der Waals surface area (Å²) in [6.07, 6.45) is 2.01. The van der Waals surface area contributed by atoms with Crippen molar-refractivity contribution in [3.8, 4) is 11.1 Å². The van der Waals surface area contributed by atoms with E-state index in [1.54, 1.807) is 24.3 Å². The number of carbonyl (C=O) groups is 1. The van der Waals surface area contributed by atoms with Crippen molar-refractivity contribution in [2.45, 2.75) is 6.42 Å². The number of aromatic nitrogens is 3. The Morgan fingerprint density at radius 3 is 2.47 bits per heavy atom. The van der Waals surface area contributed by atoms with Crippen molar-refractivity contribution < 1.29 is 4.79 Å². The highest BCUT2D eigenvalue weighted by molar-refractivity contribution is 6.31. The molecule has 0 aliphatic heterocycles. The number of rotatable bonds is 6. The van der Waals surface area contributed by atoms with Crippen molar-refractivity contribution in [3.63, 3.8) is 0 Å². The largest absolute Gasteiger partial charge is 0.326 e. The first-order valence-corrected chi connectivity index (χ1v) is 10.4. The Morgan fingerprint density at radius 2 is 1.75 bits per heavy atom. The lowest BCUT2D eigenvalue weighted by molar-refractivity contribution is 0.0977. The average molecular weight is 445 g/mol. The minimum absolute atomic E-state index is 0.306. The number of aromatic amines is 1. The van der Waals surface area contributed by atoms with Crippen LogP contribution in [0.25, 0.3) is 11.1 Å². The van der Waals surface area contributed by atoms with Gasteiger partial charge >= 0.3 is 0 Å². The number of nitrogens with one attached hydrogen (secondary N) is 3. The summed E-state index contributed by atoms with van der Waals surface area (Å²) >= 11 is 6.02. The summed E-state index contributed by atoms with van der Waals surface area (Å²) in [5, 5.41) is 13.2. The number of anilines is 1. The zero-order valence-electron chi connectivity index (χ0n) is 17.1. The van der Waals surface area contributed by atoms with Gasteiger partial charge in [0.25, 0.3) is 5.91 Å². The smallest absolute Gasteiger partial charge is 0.258 e. The van der Waals surface area contributed by atoms with Crippen LogP contribution in [0.2, 0.25) is 5.02 Å². The molecule has 0 bridgehead atoms. The van der Waals surface area contributed by atoms with Crippen LogP contribution in [0, 0.1) is 0 Å². The number of hydrogen-bond donors (Lipinski definition) is 3. The van der Waals surface area contributed by atoms with Crippen LogP contribution in [0.4, 0.5) is 5.69 Å². The van der Waals surface area contributed by atoms with Crippen LogP contribution in [0.3, 0.4) is 0 Å². The molecule has 8 heteroatoms. The predicted molar refractivity (Wildman–Crippen MR) is 127 cm³/mol. The Hall–Kier alpha value is -3.97. The van der Waals surface area contributed by atoms with E-state index in [0.717, 1.165) is 22.6 Å². The third-order valence-electron chi connectivity index (χ3n) is 4.66. The molecule has 1 heterocycles. The Kier molecular flexibility index (Phi) is 6.89. The van der Waals surface area contributed by atoms with Gasteiger partial charge in [-0.15, -0.1) is 0 Å². The number of H-pyrrole nitrogens is 1. The number of hydrogen-bond acceptors (Lipinski definition) is 4. The van der Waals surface area contributed by atoms with E-state index in [2.05, 4.69) is 42.9 Å². The van der Waals surface area contributed by atoms with Crippen LogP contribution in [-0.4, -0.2) is 33.6 Å². The molecule has 4 aromatic rings. The summed E-state index contributed by atoms with van der Waals surface area (Å²) in [4.78, 5) is 21.3. The molecule has 160 valence electrons. The molecule has 0 radical (unpaired) electrons. The van der Waals surface area contributed by atoms with Gasteiger partial charge in [0.2, 0.25) is 5.96 Å². The summed E-state index contributed by atoms with van der Waals surface area (Å²) in [7, 11) is 0. The summed E-state index contributed by atoms with van der Waals surface area (Å²) in [6.45, 7) is 0.412. The fraction of sp³-hybridized carbons (Fsp3) is 0.0833. The van der Waals surface area contributed by atoms with E-state index in [9.17, 15) is 4.79 Å². The van der Waals surface area contributed by atoms with Crippen LogP contribution < -0.4 is 10.6 Å². The van der Waals surface area contributed by atoms with Crippen LogP contribution in [0.1, 0.15) is 16.2 Å². The molecule has 1 aromatic heterocycles. The standard InChI is InChI=1S/C24H21ClN6O/c25-20-8-4-7-19(15-20)23(32)30-24(26-14-13-22-27-16-28-31-22)29-21-11-9-18(10-12-21)17-5-2-1-3-6-17/h1-12,15-16H,13-14H2,(H,27,28,31)(H2,26,29,30,32). The maximum Gasteiger partial charge on any atom is 0.258 e. The minimum atomic E-state index is -0.306. The molecule has 4 rings (SSSR count). The molecule has 3 N–H and O–H groups in total. The van der Waals surface area contributed by atoms with Crippen molar-refractivity contribution in [3.05, 3.63) is 102 Å². The highest BCUT2D eigenvalue weighted by Gasteiger charge is 2.10. The Bertz CT molecular complexity index is 1190. The van der Waals surface area contributed by atoms with Crippen LogP contribution in [-0.2, 0) is 6.42 Å². The predicted octanol–water partition coefficient (Wildman–Crippen LogP) is 4.57. The summed E-state index contributed by atoms with van der Waals surface area (Å²) in [6, 6.07) is 24.8. The van der Waals surface area contributed by atoms with E-state index in [0.29, 0.717) is 29.5 Å². The molecular weight excluding hydrogens is 424 g/mol. The monoisotopic (exact) mass is 444 g/mol. The molecule has 0 atom stereocenters. The van der Waals surface area contributed by atoms with Gasteiger partial charge in [0.05, 0.1) is 0 Å². The Balaban J connectivity index is 1.49. The fourth-order valence-electron chi connectivity index (χ4n) is 3.06. The lowest BCUT2D eigenvalue weighted by Crippen LogP contribution is -2.36. The number of guanidine groups is 1. The maximum atomic E-state index is 12.7. The van der Waals surface area contributed by atoms with Crippen LogP contribution in [0.15, 0.2) is 90.2 Å². The normalized spacial score (nSPS) is 11.2. The molecule has 0 spiro atoms. The van der Waals surface area contributed by atoms with Crippen molar-refractivity contribution in [2.24, 2.45) is 4.99 Å². The van der Waals surface area contributed by atoms with Gasteiger partial charge in [0, 0.05) is 29.2 Å². The van der Waals surface area contributed by atoms with Gasteiger partial charge in [0.15, 0.2) is 0 Å². The number of nitrogens with zero attached hydrogens (tertiary/aromatic N) is 3. The molecule has 0 aliphatic carbocycles. The van der Waals surface area contributed by atoms with E-state index < -0.39 is 0 Å². The molecule has 32 heavy (non-hydrogen) atoms. The zero-order valence-corrected chi connectivity index (χ0v) is 17.9. The van der Waals surface area contributed by atoms with Crippen molar-refractivity contribution in [2.75, 3.05) is 11.9 Å². The van der Waals surface area contributed by atoms with Gasteiger partial charge in [-0.25, -0.2) is 4.98 Å². The topological polar surface area (TPSA) is 95.1 Å². The molecule has 1 amide bonds. The second-order valence-corrected chi connectivity index (χ2v) is 7.38. The highest BCUT2D eigenvalue weighted by atomic mass is 35.5. The zero-order chi connectivity index (χ0) is 22.2. The van der Waals surface area contributed by atoms with Gasteiger partial charge in [-0.3, -0.25) is 20.2 Å². The maximum absolute atomic E-state index is 12.7. The third kappa shape index (κ3) is 5.80. The second kappa shape index (κ2) is 10.4.